The lowest BCUT2D eigenvalue weighted by molar-refractivity contribution is 0.0945. The van der Waals surface area contributed by atoms with Crippen LogP contribution in [0.3, 0.4) is 0 Å². The highest BCUT2D eigenvalue weighted by Gasteiger charge is 2.15. The van der Waals surface area contributed by atoms with Gasteiger partial charge in [-0.15, -0.1) is 11.3 Å². The summed E-state index contributed by atoms with van der Waals surface area (Å²) in [6.07, 6.45) is 1.05. The van der Waals surface area contributed by atoms with Crippen molar-refractivity contribution < 1.29 is 4.79 Å². The molecule has 17 heavy (non-hydrogen) atoms. The number of Topliss-reactive ketones (excluding diaryl/α,β-unsaturated/α-hetero) is 1. The van der Waals surface area contributed by atoms with Crippen LogP contribution < -0.4 is 5.32 Å². The van der Waals surface area contributed by atoms with E-state index < -0.39 is 0 Å². The van der Waals surface area contributed by atoms with Crippen LogP contribution in [0.15, 0.2) is 13.6 Å². The molecule has 0 unspecified atom stereocenters. The summed E-state index contributed by atoms with van der Waals surface area (Å²) in [6.45, 7) is 2.37. The summed E-state index contributed by atoms with van der Waals surface area (Å²) in [6, 6.07) is 1.87. The second-order valence-corrected chi connectivity index (χ2v) is 7.61. The van der Waals surface area contributed by atoms with Crippen molar-refractivity contribution in [3.63, 3.8) is 0 Å². The summed E-state index contributed by atoms with van der Waals surface area (Å²) >= 11 is 8.32. The van der Waals surface area contributed by atoms with Crippen LogP contribution in [0, 0.1) is 0 Å². The summed E-state index contributed by atoms with van der Waals surface area (Å²) in [5.41, 5.74) is 0.766. The van der Waals surface area contributed by atoms with E-state index in [9.17, 15) is 4.79 Å². The molecule has 0 aliphatic rings. The van der Waals surface area contributed by atoms with Gasteiger partial charge in [-0.1, -0.05) is 0 Å². The van der Waals surface area contributed by atoms with Crippen LogP contribution in [0.4, 0.5) is 0 Å². The van der Waals surface area contributed by atoms with Crippen LogP contribution in [-0.4, -0.2) is 44.4 Å². The van der Waals surface area contributed by atoms with E-state index >= 15 is 0 Å². The van der Waals surface area contributed by atoms with E-state index in [1.807, 2.05) is 20.2 Å². The van der Waals surface area contributed by atoms with Crippen molar-refractivity contribution in [1.29, 1.82) is 0 Å². The minimum absolute atomic E-state index is 0.158. The molecule has 0 bridgehead atoms. The molecule has 0 radical (unpaired) electrons. The number of halogens is 2. The van der Waals surface area contributed by atoms with Crippen molar-refractivity contribution >= 4 is 49.0 Å². The quantitative estimate of drug-likeness (QED) is 0.580. The molecule has 1 aromatic rings. The first-order valence-electron chi connectivity index (χ1n) is 5.35. The second kappa shape index (κ2) is 7.63. The largest absolute Gasteiger partial charge is 0.320 e. The minimum Gasteiger partial charge on any atom is -0.320 e. The van der Waals surface area contributed by atoms with E-state index in [1.54, 1.807) is 0 Å². The Morgan fingerprint density at radius 1 is 1.53 bits per heavy atom. The molecule has 1 heterocycles. The number of carbonyl (C=O) groups excluding carboxylic acids is 1. The lowest BCUT2D eigenvalue weighted by atomic mass is 10.2. The molecular formula is C11H16Br2N2OS. The second-order valence-electron chi connectivity index (χ2n) is 3.86. The minimum atomic E-state index is 0.158. The summed E-state index contributed by atoms with van der Waals surface area (Å²) in [7, 11) is 3.91. The summed E-state index contributed by atoms with van der Waals surface area (Å²) in [5.74, 6) is 0.158. The maximum Gasteiger partial charge on any atom is 0.178 e. The lowest BCUT2D eigenvalue weighted by Crippen LogP contribution is -2.28. The van der Waals surface area contributed by atoms with E-state index in [0.717, 1.165) is 32.6 Å². The first-order valence-corrected chi connectivity index (χ1v) is 7.76. The van der Waals surface area contributed by atoms with Crippen molar-refractivity contribution in [3.05, 3.63) is 19.2 Å². The molecule has 0 amide bonds. The smallest absolute Gasteiger partial charge is 0.178 e. The van der Waals surface area contributed by atoms with Gasteiger partial charge in [-0.05, 0) is 71.5 Å². The third-order valence-corrected chi connectivity index (χ3v) is 4.68. The molecule has 96 valence electrons. The molecule has 0 spiro atoms. The van der Waals surface area contributed by atoms with Gasteiger partial charge >= 0.3 is 0 Å². The third-order valence-electron chi connectivity index (χ3n) is 2.34. The number of ketones is 1. The Hall–Kier alpha value is 0.250. The molecular weight excluding hydrogens is 368 g/mol. The van der Waals surface area contributed by atoms with E-state index in [0.29, 0.717) is 6.54 Å². The van der Waals surface area contributed by atoms with Gasteiger partial charge < -0.3 is 5.32 Å². The van der Waals surface area contributed by atoms with Gasteiger partial charge in [0.2, 0.25) is 0 Å². The Morgan fingerprint density at radius 2 is 2.24 bits per heavy atom. The fourth-order valence-corrected chi connectivity index (χ4v) is 4.32. The van der Waals surface area contributed by atoms with Crippen molar-refractivity contribution in [2.45, 2.75) is 6.42 Å². The Kier molecular flexibility index (Phi) is 6.87. The monoisotopic (exact) mass is 382 g/mol. The number of hydrogen-bond donors (Lipinski definition) is 1. The van der Waals surface area contributed by atoms with Crippen LogP contribution in [0.1, 0.15) is 16.8 Å². The number of nitrogens with one attached hydrogen (secondary N) is 1. The number of rotatable bonds is 7. The lowest BCUT2D eigenvalue weighted by Gasteiger charge is -2.15. The first kappa shape index (κ1) is 15.3. The molecule has 1 aromatic heterocycles. The molecule has 0 aliphatic carbocycles. The molecule has 0 aliphatic heterocycles. The van der Waals surface area contributed by atoms with Gasteiger partial charge in [0.25, 0.3) is 0 Å². The number of likely N-dealkylation sites (N-methyl/N-ethyl adjacent to an activating group) is 1. The molecule has 1 rings (SSSR count). The van der Waals surface area contributed by atoms with Gasteiger partial charge in [0, 0.05) is 5.56 Å². The van der Waals surface area contributed by atoms with Crippen LogP contribution >= 0.6 is 43.2 Å². The van der Waals surface area contributed by atoms with Crippen LogP contribution in [0.25, 0.3) is 0 Å². The topological polar surface area (TPSA) is 32.3 Å². The van der Waals surface area contributed by atoms with Gasteiger partial charge in [-0.25, -0.2) is 0 Å². The maximum absolute atomic E-state index is 12.0. The molecule has 6 heteroatoms. The number of nitrogens with zero attached hydrogens (tertiary/aromatic N) is 1. The molecule has 3 nitrogen and oxygen atoms in total. The summed E-state index contributed by atoms with van der Waals surface area (Å²) in [5, 5.41) is 3.10. The summed E-state index contributed by atoms with van der Waals surface area (Å²) in [4.78, 5) is 14.1. The molecule has 0 saturated carbocycles. The van der Waals surface area contributed by atoms with E-state index in [-0.39, 0.29) is 5.78 Å². The van der Waals surface area contributed by atoms with Gasteiger partial charge in [-0.2, -0.15) is 0 Å². The van der Waals surface area contributed by atoms with E-state index in [4.69, 9.17) is 0 Å². The Bertz CT molecular complexity index is 382. The predicted octanol–water partition coefficient (Wildman–Crippen LogP) is 3.00. The Labute approximate surface area is 123 Å². The first-order chi connectivity index (χ1) is 8.04. The zero-order valence-electron chi connectivity index (χ0n) is 9.93. The van der Waals surface area contributed by atoms with Crippen LogP contribution in [0.5, 0.6) is 0 Å². The van der Waals surface area contributed by atoms with Crippen LogP contribution in [0.2, 0.25) is 0 Å². The molecule has 0 fully saturated rings. The number of thiophene rings is 1. The normalized spacial score (nSPS) is 11.1. The van der Waals surface area contributed by atoms with Crippen molar-refractivity contribution in [3.8, 4) is 0 Å². The molecule has 0 saturated heterocycles. The summed E-state index contributed by atoms with van der Waals surface area (Å²) < 4.78 is 1.88. The highest BCUT2D eigenvalue weighted by Crippen LogP contribution is 2.32. The Morgan fingerprint density at radius 3 is 2.76 bits per heavy atom. The molecule has 0 aromatic carbocycles. The maximum atomic E-state index is 12.0. The molecule has 1 N–H and O–H groups in total. The zero-order chi connectivity index (χ0) is 12.8. The SMILES string of the molecule is CNCCCN(C)CC(=O)c1cc(Br)sc1Br. The predicted molar refractivity (Wildman–Crippen MR) is 80.1 cm³/mol. The van der Waals surface area contributed by atoms with Gasteiger partial charge in [-0.3, -0.25) is 9.69 Å². The van der Waals surface area contributed by atoms with Crippen molar-refractivity contribution in [1.82, 2.24) is 10.2 Å². The molecule has 0 atom stereocenters. The van der Waals surface area contributed by atoms with Gasteiger partial charge in [0.1, 0.15) is 0 Å². The van der Waals surface area contributed by atoms with E-state index in [1.165, 1.54) is 11.3 Å². The average Bonchev–Trinajstić information content (AvgIpc) is 2.58. The fraction of sp³-hybridized carbons (Fsp3) is 0.545. The standard InChI is InChI=1S/C11H16Br2N2OS/c1-14-4-3-5-15(2)7-9(16)8-6-10(12)17-11(8)13/h6,14H,3-5,7H2,1-2H3. The van der Waals surface area contributed by atoms with E-state index in [2.05, 4.69) is 42.1 Å². The fourth-order valence-electron chi connectivity index (χ4n) is 1.47. The van der Waals surface area contributed by atoms with Crippen molar-refractivity contribution in [2.24, 2.45) is 0 Å². The van der Waals surface area contributed by atoms with Gasteiger partial charge in [0.05, 0.1) is 14.1 Å². The van der Waals surface area contributed by atoms with Crippen LogP contribution in [-0.2, 0) is 0 Å². The zero-order valence-corrected chi connectivity index (χ0v) is 13.9. The highest BCUT2D eigenvalue weighted by molar-refractivity contribution is 9.12. The highest BCUT2D eigenvalue weighted by atomic mass is 79.9. The Balaban J connectivity index is 2.46. The number of hydrogen-bond acceptors (Lipinski definition) is 4. The van der Waals surface area contributed by atoms with Gasteiger partial charge in [0.15, 0.2) is 5.78 Å². The number of carbonyl (C=O) groups is 1. The van der Waals surface area contributed by atoms with Crippen molar-refractivity contribution in [2.75, 3.05) is 33.7 Å². The average molecular weight is 384 g/mol. The third kappa shape index (κ3) is 5.18.